The largest absolute Gasteiger partial charge is 0.294 e. The van der Waals surface area contributed by atoms with E-state index < -0.39 is 36.6 Å². The van der Waals surface area contributed by atoms with Gasteiger partial charge in [-0.3, -0.25) is 9.11 Å². The summed E-state index contributed by atoms with van der Waals surface area (Å²) >= 11 is 0. The highest BCUT2D eigenvalue weighted by molar-refractivity contribution is 7.86. The molecule has 0 saturated heterocycles. The van der Waals surface area contributed by atoms with E-state index in [2.05, 4.69) is 0 Å². The highest BCUT2D eigenvalue weighted by Crippen LogP contribution is 2.24. The number of benzene rings is 1. The van der Waals surface area contributed by atoms with Gasteiger partial charge in [-0.15, -0.1) is 0 Å². The highest BCUT2D eigenvalue weighted by Gasteiger charge is 2.21. The third-order valence-electron chi connectivity index (χ3n) is 2.17. The molecule has 0 aromatic heterocycles. The number of hydrogen-bond acceptors (Lipinski definition) is 4. The summed E-state index contributed by atoms with van der Waals surface area (Å²) in [6, 6.07) is 1.46. The van der Waals surface area contributed by atoms with Crippen LogP contribution in [0.4, 0.5) is 0 Å². The van der Waals surface area contributed by atoms with Gasteiger partial charge >= 0.3 is 0 Å². The van der Waals surface area contributed by atoms with Crippen molar-refractivity contribution < 1.29 is 31.0 Å². The summed E-state index contributed by atoms with van der Waals surface area (Å²) in [5, 5.41) is 10.8. The summed E-state index contributed by atoms with van der Waals surface area (Å²) in [5.74, 6) is 0. The fraction of sp³-hybridized carbons (Fsp3) is 0.250. The van der Waals surface area contributed by atoms with E-state index in [1.54, 1.807) is 0 Å². The van der Waals surface area contributed by atoms with E-state index in [9.17, 15) is 21.9 Å². The van der Waals surface area contributed by atoms with Gasteiger partial charge < -0.3 is 0 Å². The molecule has 0 atom stereocenters. The van der Waals surface area contributed by atoms with Crippen molar-refractivity contribution in [1.82, 2.24) is 0 Å². The predicted octanol–water partition coefficient (Wildman–Crippen LogP) is 0.419. The van der Waals surface area contributed by atoms with Crippen molar-refractivity contribution in [2.75, 3.05) is 0 Å². The maximum atomic E-state index is 11.0. The lowest BCUT2D eigenvalue weighted by atomic mass is 10.1. The summed E-state index contributed by atoms with van der Waals surface area (Å²) in [6.45, 7) is 0.377. The molecule has 1 radical (unpaired) electrons. The van der Waals surface area contributed by atoms with Crippen LogP contribution < -0.4 is 0 Å². The van der Waals surface area contributed by atoms with Crippen LogP contribution in [0, 0.1) is 6.92 Å². The van der Waals surface area contributed by atoms with Gasteiger partial charge in [-0.1, -0.05) is 0 Å². The first-order chi connectivity index (χ1) is 7.57. The molecule has 2 N–H and O–H groups in total. The van der Waals surface area contributed by atoms with E-state index in [1.165, 1.54) is 6.92 Å². The smallest absolute Gasteiger partial charge is 0.282 e. The second kappa shape index (κ2) is 4.35. The molecule has 0 aliphatic carbocycles. The van der Waals surface area contributed by atoms with Gasteiger partial charge in [-0.05, 0) is 30.2 Å². The van der Waals surface area contributed by atoms with Crippen LogP contribution in [0.3, 0.4) is 0 Å². The molecule has 0 spiro atoms. The Morgan fingerprint density at radius 3 is 1.94 bits per heavy atom. The molecule has 0 aliphatic rings. The minimum atomic E-state index is -4.66. The molecule has 1 aromatic rings. The van der Waals surface area contributed by atoms with Crippen LogP contribution in [0.2, 0.25) is 0 Å². The molecule has 17 heavy (non-hydrogen) atoms. The molecule has 0 heterocycles. The van der Waals surface area contributed by atoms with Gasteiger partial charge in [0.2, 0.25) is 0 Å². The Kier molecular flexibility index (Phi) is 3.60. The zero-order valence-corrected chi connectivity index (χ0v) is 10.2. The SMILES string of the molecule is Cc1c(C[O])cc(S(=O)(=O)O)cc1S(=O)(=O)O. The van der Waals surface area contributed by atoms with Gasteiger partial charge in [0.1, 0.15) is 6.61 Å². The van der Waals surface area contributed by atoms with Crippen LogP contribution in [-0.2, 0) is 31.9 Å². The minimum absolute atomic E-state index is 0.0464. The van der Waals surface area contributed by atoms with Crippen molar-refractivity contribution >= 4 is 20.2 Å². The zero-order chi connectivity index (χ0) is 13.4. The van der Waals surface area contributed by atoms with Crippen LogP contribution in [-0.4, -0.2) is 25.9 Å². The number of rotatable bonds is 3. The number of hydrogen-bond donors (Lipinski definition) is 2. The fourth-order valence-corrected chi connectivity index (χ4v) is 2.71. The fourth-order valence-electron chi connectivity index (χ4n) is 1.28. The Balaban J connectivity index is 3.74. The van der Waals surface area contributed by atoms with E-state index in [1.807, 2.05) is 0 Å². The standard InChI is InChI=1S/C8H9O7S2/c1-5-6(4-9)2-7(16(10,11)12)3-8(5)17(13,14)15/h2-3H,4H2,1H3,(H,10,11,12)(H,13,14,15). The Labute approximate surface area is 98.2 Å². The second-order valence-corrected chi connectivity index (χ2v) is 6.11. The molecular weight excluding hydrogens is 272 g/mol. The topological polar surface area (TPSA) is 129 Å². The average molecular weight is 281 g/mol. The van der Waals surface area contributed by atoms with Crippen LogP contribution in [0.15, 0.2) is 21.9 Å². The summed E-state index contributed by atoms with van der Waals surface area (Å²) in [5.41, 5.74) is -0.178. The summed E-state index contributed by atoms with van der Waals surface area (Å²) in [6.07, 6.45) is 0. The van der Waals surface area contributed by atoms with Gasteiger partial charge in [-0.25, -0.2) is 5.11 Å². The first-order valence-electron chi connectivity index (χ1n) is 4.24. The Morgan fingerprint density at radius 1 is 1.06 bits per heavy atom. The van der Waals surface area contributed by atoms with Crippen LogP contribution >= 0.6 is 0 Å². The van der Waals surface area contributed by atoms with Crippen molar-refractivity contribution in [3.8, 4) is 0 Å². The Morgan fingerprint density at radius 2 is 1.59 bits per heavy atom. The summed E-state index contributed by atoms with van der Waals surface area (Å²) in [4.78, 5) is -1.46. The molecule has 0 unspecified atom stereocenters. The van der Waals surface area contributed by atoms with E-state index >= 15 is 0 Å². The molecule has 0 aliphatic heterocycles. The molecule has 9 heteroatoms. The summed E-state index contributed by atoms with van der Waals surface area (Å²) < 4.78 is 61.4. The van der Waals surface area contributed by atoms with Crippen LogP contribution in [0.1, 0.15) is 11.1 Å². The lowest BCUT2D eigenvalue weighted by Gasteiger charge is -2.09. The molecule has 1 rings (SSSR count). The van der Waals surface area contributed by atoms with Crippen LogP contribution in [0.5, 0.6) is 0 Å². The van der Waals surface area contributed by atoms with Crippen molar-refractivity contribution in [1.29, 1.82) is 0 Å². The zero-order valence-electron chi connectivity index (χ0n) is 8.61. The maximum Gasteiger partial charge on any atom is 0.294 e. The summed E-state index contributed by atoms with van der Waals surface area (Å²) in [7, 11) is -9.31. The van der Waals surface area contributed by atoms with Crippen molar-refractivity contribution in [2.24, 2.45) is 0 Å². The predicted molar refractivity (Wildman–Crippen MR) is 55.2 cm³/mol. The monoisotopic (exact) mass is 281 g/mol. The Hall–Kier alpha value is -1.00. The van der Waals surface area contributed by atoms with E-state index in [0.29, 0.717) is 6.07 Å². The van der Waals surface area contributed by atoms with Gasteiger partial charge in [0.25, 0.3) is 20.2 Å². The molecule has 1 aromatic carbocycles. The van der Waals surface area contributed by atoms with Crippen molar-refractivity contribution in [2.45, 2.75) is 23.3 Å². The minimum Gasteiger partial charge on any atom is -0.282 e. The molecule has 0 bridgehead atoms. The third kappa shape index (κ3) is 3.01. The van der Waals surface area contributed by atoms with Gasteiger partial charge in [0, 0.05) is 0 Å². The maximum absolute atomic E-state index is 11.0. The molecule has 0 amide bonds. The van der Waals surface area contributed by atoms with E-state index in [4.69, 9.17) is 9.11 Å². The van der Waals surface area contributed by atoms with E-state index in [0.717, 1.165) is 6.07 Å². The average Bonchev–Trinajstić information content (AvgIpc) is 2.14. The van der Waals surface area contributed by atoms with Gasteiger partial charge in [0.05, 0.1) is 9.79 Å². The quantitative estimate of drug-likeness (QED) is 0.772. The molecule has 7 nitrogen and oxygen atoms in total. The van der Waals surface area contributed by atoms with Crippen molar-refractivity contribution in [3.63, 3.8) is 0 Å². The highest BCUT2D eigenvalue weighted by atomic mass is 32.2. The molecular formula is C8H9O7S2. The van der Waals surface area contributed by atoms with Crippen molar-refractivity contribution in [3.05, 3.63) is 23.3 Å². The second-order valence-electron chi connectivity index (χ2n) is 3.30. The lowest BCUT2D eigenvalue weighted by Crippen LogP contribution is -2.08. The molecule has 95 valence electrons. The van der Waals surface area contributed by atoms with E-state index in [-0.39, 0.29) is 11.1 Å². The normalized spacial score (nSPS) is 12.7. The molecule has 0 fully saturated rings. The Bertz CT molecular complexity index is 643. The third-order valence-corrected chi connectivity index (χ3v) is 3.98. The van der Waals surface area contributed by atoms with Gasteiger partial charge in [-0.2, -0.15) is 16.8 Å². The van der Waals surface area contributed by atoms with Gasteiger partial charge in [0.15, 0.2) is 0 Å². The first kappa shape index (κ1) is 14.1. The first-order valence-corrected chi connectivity index (χ1v) is 7.12. The lowest BCUT2D eigenvalue weighted by molar-refractivity contribution is 0.176. The van der Waals surface area contributed by atoms with Crippen LogP contribution in [0.25, 0.3) is 0 Å². The molecule has 0 saturated carbocycles.